The molecule has 0 atom stereocenters. The molecule has 2 aromatic rings. The van der Waals surface area contributed by atoms with Crippen LogP contribution in [0.3, 0.4) is 0 Å². The Morgan fingerprint density at radius 3 is 2.71 bits per heavy atom. The largest absolute Gasteiger partial charge is 0.367 e. The number of aryl methyl sites for hydroxylation is 1. The van der Waals surface area contributed by atoms with E-state index >= 15 is 0 Å². The number of nitrogens with zero attached hydrogens (tertiary/aromatic N) is 1. The van der Waals surface area contributed by atoms with E-state index in [1.807, 2.05) is 13.1 Å². The Morgan fingerprint density at radius 1 is 1.10 bits per heavy atom. The Morgan fingerprint density at radius 2 is 1.90 bits per heavy atom. The van der Waals surface area contributed by atoms with Crippen molar-refractivity contribution in [3.05, 3.63) is 65.0 Å². The van der Waals surface area contributed by atoms with E-state index in [4.69, 9.17) is 0 Å². The van der Waals surface area contributed by atoms with Gasteiger partial charge in [0.15, 0.2) is 0 Å². The van der Waals surface area contributed by atoms with Gasteiger partial charge < -0.3 is 10.2 Å². The molecule has 1 aliphatic rings. The van der Waals surface area contributed by atoms with E-state index in [0.717, 1.165) is 37.2 Å². The maximum atomic E-state index is 14.1. The molecule has 0 unspecified atom stereocenters. The lowest BCUT2D eigenvalue weighted by atomic mass is 10.0. The topological polar surface area (TPSA) is 15.3 Å². The first-order valence-corrected chi connectivity index (χ1v) is 7.53. The SMILES string of the molecule is CNCc1c(F)cccc1N1CCCc2ccccc2C1. The van der Waals surface area contributed by atoms with Crippen molar-refractivity contribution in [1.82, 2.24) is 5.32 Å². The highest BCUT2D eigenvalue weighted by Crippen LogP contribution is 2.28. The normalized spacial score (nSPS) is 14.7. The molecule has 2 aromatic carbocycles. The minimum absolute atomic E-state index is 0.126. The summed E-state index contributed by atoms with van der Waals surface area (Å²) in [5.74, 6) is -0.126. The first-order chi connectivity index (χ1) is 10.3. The fourth-order valence-electron chi connectivity index (χ4n) is 3.10. The number of anilines is 1. The molecule has 0 amide bonds. The molecule has 3 rings (SSSR count). The lowest BCUT2D eigenvalue weighted by Crippen LogP contribution is -2.25. The maximum absolute atomic E-state index is 14.1. The first kappa shape index (κ1) is 14.1. The molecule has 1 heterocycles. The van der Waals surface area contributed by atoms with Crippen LogP contribution in [0.25, 0.3) is 0 Å². The summed E-state index contributed by atoms with van der Waals surface area (Å²) in [6.45, 7) is 2.38. The van der Waals surface area contributed by atoms with Gasteiger partial charge in [0.25, 0.3) is 0 Å². The molecule has 0 bridgehead atoms. The molecule has 0 fully saturated rings. The second-order valence-corrected chi connectivity index (χ2v) is 5.56. The molecule has 1 aliphatic heterocycles. The van der Waals surface area contributed by atoms with Gasteiger partial charge in [0, 0.05) is 30.9 Å². The van der Waals surface area contributed by atoms with Gasteiger partial charge in [-0.1, -0.05) is 30.3 Å². The molecule has 0 spiro atoms. The average molecular weight is 284 g/mol. The lowest BCUT2D eigenvalue weighted by molar-refractivity contribution is 0.598. The summed E-state index contributed by atoms with van der Waals surface area (Å²) < 4.78 is 14.1. The minimum atomic E-state index is -0.126. The summed E-state index contributed by atoms with van der Waals surface area (Å²) >= 11 is 0. The highest BCUT2D eigenvalue weighted by atomic mass is 19.1. The van der Waals surface area contributed by atoms with Crippen LogP contribution in [0.5, 0.6) is 0 Å². The highest BCUT2D eigenvalue weighted by Gasteiger charge is 2.18. The molecule has 0 aromatic heterocycles. The number of rotatable bonds is 3. The van der Waals surface area contributed by atoms with Gasteiger partial charge in [0.2, 0.25) is 0 Å². The number of halogens is 1. The van der Waals surface area contributed by atoms with Crippen molar-refractivity contribution in [2.45, 2.75) is 25.9 Å². The van der Waals surface area contributed by atoms with E-state index in [1.54, 1.807) is 12.1 Å². The maximum Gasteiger partial charge on any atom is 0.129 e. The number of benzene rings is 2. The van der Waals surface area contributed by atoms with Crippen LogP contribution >= 0.6 is 0 Å². The molecule has 2 nitrogen and oxygen atoms in total. The summed E-state index contributed by atoms with van der Waals surface area (Å²) in [7, 11) is 1.86. The van der Waals surface area contributed by atoms with Crippen LogP contribution in [0.2, 0.25) is 0 Å². The number of fused-ring (bicyclic) bond motifs is 1. The second kappa shape index (κ2) is 6.27. The van der Waals surface area contributed by atoms with Crippen LogP contribution in [0.15, 0.2) is 42.5 Å². The summed E-state index contributed by atoms with van der Waals surface area (Å²) in [5, 5.41) is 3.07. The standard InChI is InChI=1S/C18H21FN2/c1-20-12-16-17(19)9-4-10-18(16)21-11-5-8-14-6-2-3-7-15(14)13-21/h2-4,6-7,9-10,20H,5,8,11-13H2,1H3. The van der Waals surface area contributed by atoms with Gasteiger partial charge in [-0.05, 0) is 43.1 Å². The Kier molecular flexibility index (Phi) is 4.20. The van der Waals surface area contributed by atoms with E-state index in [0.29, 0.717) is 6.54 Å². The quantitative estimate of drug-likeness (QED) is 0.928. The fourth-order valence-corrected chi connectivity index (χ4v) is 3.10. The average Bonchev–Trinajstić information content (AvgIpc) is 2.71. The summed E-state index contributed by atoms with van der Waals surface area (Å²) in [4.78, 5) is 2.31. The fraction of sp³-hybridized carbons (Fsp3) is 0.333. The van der Waals surface area contributed by atoms with Crippen molar-refractivity contribution in [3.8, 4) is 0 Å². The molecule has 1 N–H and O–H groups in total. The van der Waals surface area contributed by atoms with Crippen LogP contribution in [0, 0.1) is 5.82 Å². The zero-order valence-electron chi connectivity index (χ0n) is 12.4. The Balaban J connectivity index is 1.96. The lowest BCUT2D eigenvalue weighted by Gasteiger charge is -2.26. The van der Waals surface area contributed by atoms with Crippen molar-refractivity contribution in [2.75, 3.05) is 18.5 Å². The van der Waals surface area contributed by atoms with E-state index in [-0.39, 0.29) is 5.82 Å². The molecule has 3 heteroatoms. The number of nitrogens with one attached hydrogen (secondary N) is 1. The van der Waals surface area contributed by atoms with Crippen LogP contribution < -0.4 is 10.2 Å². The van der Waals surface area contributed by atoms with Crippen molar-refractivity contribution in [2.24, 2.45) is 0 Å². The van der Waals surface area contributed by atoms with Crippen LogP contribution in [0.1, 0.15) is 23.1 Å². The van der Waals surface area contributed by atoms with Gasteiger partial charge in [-0.15, -0.1) is 0 Å². The van der Waals surface area contributed by atoms with Gasteiger partial charge >= 0.3 is 0 Å². The minimum Gasteiger partial charge on any atom is -0.367 e. The predicted molar refractivity (Wildman–Crippen MR) is 85.0 cm³/mol. The van der Waals surface area contributed by atoms with Gasteiger partial charge in [-0.25, -0.2) is 4.39 Å². The van der Waals surface area contributed by atoms with E-state index < -0.39 is 0 Å². The van der Waals surface area contributed by atoms with Crippen molar-refractivity contribution in [1.29, 1.82) is 0 Å². The van der Waals surface area contributed by atoms with E-state index in [2.05, 4.69) is 34.5 Å². The van der Waals surface area contributed by atoms with Crippen LogP contribution in [0.4, 0.5) is 10.1 Å². The third-order valence-corrected chi connectivity index (χ3v) is 4.14. The van der Waals surface area contributed by atoms with Crippen LogP contribution in [-0.4, -0.2) is 13.6 Å². The molecule has 21 heavy (non-hydrogen) atoms. The number of hydrogen-bond acceptors (Lipinski definition) is 2. The molecule has 110 valence electrons. The molecule has 0 aliphatic carbocycles. The summed E-state index contributed by atoms with van der Waals surface area (Å²) in [6.07, 6.45) is 2.20. The third kappa shape index (κ3) is 2.93. The van der Waals surface area contributed by atoms with Crippen molar-refractivity contribution < 1.29 is 4.39 Å². The van der Waals surface area contributed by atoms with Crippen molar-refractivity contribution in [3.63, 3.8) is 0 Å². The van der Waals surface area contributed by atoms with Gasteiger partial charge in [0.05, 0.1) is 0 Å². The molecular formula is C18H21FN2. The van der Waals surface area contributed by atoms with Crippen LogP contribution in [-0.2, 0) is 19.5 Å². The van der Waals surface area contributed by atoms with E-state index in [9.17, 15) is 4.39 Å². The Bertz CT molecular complexity index is 624. The second-order valence-electron chi connectivity index (χ2n) is 5.56. The zero-order chi connectivity index (χ0) is 14.7. The van der Waals surface area contributed by atoms with E-state index in [1.165, 1.54) is 11.1 Å². The van der Waals surface area contributed by atoms with Gasteiger partial charge in [-0.2, -0.15) is 0 Å². The molecule has 0 saturated carbocycles. The smallest absolute Gasteiger partial charge is 0.129 e. The zero-order valence-corrected chi connectivity index (χ0v) is 12.4. The van der Waals surface area contributed by atoms with Gasteiger partial charge in [0.1, 0.15) is 5.82 Å². The monoisotopic (exact) mass is 284 g/mol. The molecule has 0 saturated heterocycles. The number of hydrogen-bond donors (Lipinski definition) is 1. The van der Waals surface area contributed by atoms with Crippen molar-refractivity contribution >= 4 is 5.69 Å². The Hall–Kier alpha value is -1.87. The predicted octanol–water partition coefficient (Wildman–Crippen LogP) is 3.50. The van der Waals surface area contributed by atoms with Gasteiger partial charge in [-0.3, -0.25) is 0 Å². The summed E-state index contributed by atoms with van der Waals surface area (Å²) in [5.41, 5.74) is 4.56. The third-order valence-electron chi connectivity index (χ3n) is 4.14. The molecular weight excluding hydrogens is 263 g/mol. The highest BCUT2D eigenvalue weighted by molar-refractivity contribution is 5.55. The Labute approximate surface area is 125 Å². The summed E-state index contributed by atoms with van der Waals surface area (Å²) in [6, 6.07) is 14.0. The first-order valence-electron chi connectivity index (χ1n) is 7.53. The molecule has 0 radical (unpaired) electrons.